The third kappa shape index (κ3) is 6.65. The maximum Gasteiger partial charge on any atom is 0.317 e. The smallest absolute Gasteiger partial charge is 0.317 e. The molecule has 0 atom stereocenters. The number of rotatable bonds is 7. The second-order valence-corrected chi connectivity index (χ2v) is 8.00. The minimum Gasteiger partial charge on any atom is -0.494 e. The zero-order valence-corrected chi connectivity index (χ0v) is 18.0. The molecule has 0 bridgehead atoms. The highest BCUT2D eigenvalue weighted by atomic mass is 35.5. The molecule has 0 unspecified atom stereocenters. The molecule has 5 nitrogen and oxygen atoms in total. The van der Waals surface area contributed by atoms with E-state index in [1.165, 1.54) is 5.56 Å². The van der Waals surface area contributed by atoms with Crippen LogP contribution in [0.3, 0.4) is 0 Å². The van der Waals surface area contributed by atoms with Crippen molar-refractivity contribution in [2.24, 2.45) is 0 Å². The number of carbonyl (C=O) groups is 1. The monoisotopic (exact) mass is 415 g/mol. The zero-order chi connectivity index (χ0) is 20.6. The number of benzene rings is 2. The lowest BCUT2D eigenvalue weighted by atomic mass is 10.0. The van der Waals surface area contributed by atoms with Crippen molar-refractivity contribution in [3.8, 4) is 5.75 Å². The van der Waals surface area contributed by atoms with Crippen molar-refractivity contribution < 1.29 is 9.53 Å². The number of amides is 2. The van der Waals surface area contributed by atoms with Crippen molar-refractivity contribution in [2.75, 3.05) is 26.7 Å². The minimum atomic E-state index is -0.0185. The maximum atomic E-state index is 12.6. The molecule has 0 radical (unpaired) electrons. The van der Waals surface area contributed by atoms with E-state index >= 15 is 0 Å². The Balaban J connectivity index is 1.41. The van der Waals surface area contributed by atoms with E-state index in [0.717, 1.165) is 48.8 Å². The van der Waals surface area contributed by atoms with E-state index in [4.69, 9.17) is 16.3 Å². The summed E-state index contributed by atoms with van der Waals surface area (Å²) in [6.45, 7) is 6.09. The van der Waals surface area contributed by atoms with Gasteiger partial charge in [-0.15, -0.1) is 0 Å². The highest BCUT2D eigenvalue weighted by Gasteiger charge is 2.22. The van der Waals surface area contributed by atoms with Crippen LogP contribution in [-0.2, 0) is 13.1 Å². The molecule has 1 aliphatic rings. The SMILES string of the molecule is CCOc1ccc(CN(C)C(=O)NC2CCN(Cc3ccc(Cl)cc3)CC2)cc1. The minimum absolute atomic E-state index is 0.0185. The first-order chi connectivity index (χ1) is 14.0. The van der Waals surface area contributed by atoms with Gasteiger partial charge in [0.05, 0.1) is 6.61 Å². The molecule has 29 heavy (non-hydrogen) atoms. The van der Waals surface area contributed by atoms with Gasteiger partial charge in [-0.25, -0.2) is 4.79 Å². The van der Waals surface area contributed by atoms with Crippen LogP contribution in [0.4, 0.5) is 4.79 Å². The van der Waals surface area contributed by atoms with E-state index in [1.54, 1.807) is 4.90 Å². The van der Waals surface area contributed by atoms with Gasteiger partial charge in [-0.2, -0.15) is 0 Å². The van der Waals surface area contributed by atoms with Gasteiger partial charge in [0.15, 0.2) is 0 Å². The summed E-state index contributed by atoms with van der Waals surface area (Å²) in [7, 11) is 1.83. The molecule has 0 spiro atoms. The summed E-state index contributed by atoms with van der Waals surface area (Å²) in [5, 5.41) is 3.95. The predicted molar refractivity (Wildman–Crippen MR) is 117 cm³/mol. The lowest BCUT2D eigenvalue weighted by Gasteiger charge is -2.33. The lowest BCUT2D eigenvalue weighted by Crippen LogP contribution is -2.48. The van der Waals surface area contributed by atoms with E-state index in [0.29, 0.717) is 13.2 Å². The van der Waals surface area contributed by atoms with E-state index in [9.17, 15) is 4.79 Å². The summed E-state index contributed by atoms with van der Waals surface area (Å²) in [5.74, 6) is 0.855. The van der Waals surface area contributed by atoms with Crippen LogP contribution in [0.5, 0.6) is 5.75 Å². The molecule has 2 aromatic carbocycles. The van der Waals surface area contributed by atoms with Crippen molar-refractivity contribution in [1.29, 1.82) is 0 Å². The highest BCUT2D eigenvalue weighted by molar-refractivity contribution is 6.30. The van der Waals surface area contributed by atoms with Crippen LogP contribution >= 0.6 is 11.6 Å². The summed E-state index contributed by atoms with van der Waals surface area (Å²) >= 11 is 5.95. The fourth-order valence-electron chi connectivity index (χ4n) is 3.57. The Hall–Kier alpha value is -2.24. The fourth-order valence-corrected chi connectivity index (χ4v) is 3.70. The number of urea groups is 1. The summed E-state index contributed by atoms with van der Waals surface area (Å²) < 4.78 is 5.46. The molecular formula is C23H30ClN3O2. The average Bonchev–Trinajstić information content (AvgIpc) is 2.73. The molecular weight excluding hydrogens is 386 g/mol. The molecule has 0 aromatic heterocycles. The number of hydrogen-bond acceptors (Lipinski definition) is 3. The van der Waals surface area contributed by atoms with Crippen LogP contribution in [0.1, 0.15) is 30.9 Å². The number of nitrogens with one attached hydrogen (secondary N) is 1. The maximum absolute atomic E-state index is 12.6. The number of hydrogen-bond donors (Lipinski definition) is 1. The van der Waals surface area contributed by atoms with E-state index < -0.39 is 0 Å². The van der Waals surface area contributed by atoms with E-state index in [2.05, 4.69) is 22.3 Å². The molecule has 1 saturated heterocycles. The van der Waals surface area contributed by atoms with Crippen LogP contribution in [0.25, 0.3) is 0 Å². The molecule has 1 aliphatic heterocycles. The van der Waals surface area contributed by atoms with Gasteiger partial charge in [-0.1, -0.05) is 35.9 Å². The molecule has 1 heterocycles. The van der Waals surface area contributed by atoms with Crippen molar-refractivity contribution >= 4 is 17.6 Å². The van der Waals surface area contributed by atoms with Crippen LogP contribution in [-0.4, -0.2) is 48.6 Å². The molecule has 3 rings (SSSR count). The lowest BCUT2D eigenvalue weighted by molar-refractivity contribution is 0.173. The predicted octanol–water partition coefficient (Wildman–Crippen LogP) is 4.54. The van der Waals surface area contributed by atoms with Crippen molar-refractivity contribution in [3.05, 3.63) is 64.7 Å². The topological polar surface area (TPSA) is 44.8 Å². The van der Waals surface area contributed by atoms with Crippen molar-refractivity contribution in [1.82, 2.24) is 15.1 Å². The Kier molecular flexibility index (Phi) is 7.78. The van der Waals surface area contributed by atoms with Crippen LogP contribution in [0.15, 0.2) is 48.5 Å². The Labute approximate surface area is 178 Å². The van der Waals surface area contributed by atoms with Crippen LogP contribution in [0, 0.1) is 0 Å². The number of ether oxygens (including phenoxy) is 1. The number of likely N-dealkylation sites (tertiary alicyclic amines) is 1. The highest BCUT2D eigenvalue weighted by Crippen LogP contribution is 2.17. The Bertz CT molecular complexity index is 772. The second kappa shape index (κ2) is 10.5. The first-order valence-corrected chi connectivity index (χ1v) is 10.6. The Morgan fingerprint density at radius 1 is 1.10 bits per heavy atom. The fraction of sp³-hybridized carbons (Fsp3) is 0.435. The summed E-state index contributed by atoms with van der Waals surface area (Å²) in [6, 6.07) is 16.1. The van der Waals surface area contributed by atoms with Gasteiger partial charge >= 0.3 is 6.03 Å². The van der Waals surface area contributed by atoms with Gasteiger partial charge in [0, 0.05) is 44.3 Å². The van der Waals surface area contributed by atoms with Crippen molar-refractivity contribution in [3.63, 3.8) is 0 Å². The Morgan fingerprint density at radius 3 is 2.34 bits per heavy atom. The molecule has 1 fully saturated rings. The average molecular weight is 416 g/mol. The summed E-state index contributed by atoms with van der Waals surface area (Å²) in [5.41, 5.74) is 2.36. The van der Waals surface area contributed by atoms with Gasteiger partial charge in [0.25, 0.3) is 0 Å². The van der Waals surface area contributed by atoms with Crippen LogP contribution in [0.2, 0.25) is 5.02 Å². The van der Waals surface area contributed by atoms with Gasteiger partial charge in [-0.3, -0.25) is 4.90 Å². The summed E-state index contributed by atoms with van der Waals surface area (Å²) in [4.78, 5) is 16.7. The van der Waals surface area contributed by atoms with Crippen molar-refractivity contribution in [2.45, 2.75) is 38.9 Å². The molecule has 156 valence electrons. The summed E-state index contributed by atoms with van der Waals surface area (Å²) in [6.07, 6.45) is 1.94. The second-order valence-electron chi connectivity index (χ2n) is 7.56. The third-order valence-electron chi connectivity index (χ3n) is 5.24. The standard InChI is InChI=1S/C23H30ClN3O2/c1-3-29-22-10-6-18(7-11-22)16-26(2)23(28)25-21-12-14-27(15-13-21)17-19-4-8-20(24)9-5-19/h4-11,21H,3,12-17H2,1-2H3,(H,25,28). The third-order valence-corrected chi connectivity index (χ3v) is 5.49. The van der Waals surface area contributed by atoms with E-state index in [1.807, 2.05) is 50.4 Å². The van der Waals surface area contributed by atoms with Gasteiger partial charge in [0.2, 0.25) is 0 Å². The molecule has 2 amide bonds. The zero-order valence-electron chi connectivity index (χ0n) is 17.2. The number of carbonyl (C=O) groups excluding carboxylic acids is 1. The number of halogens is 1. The van der Waals surface area contributed by atoms with Gasteiger partial charge in [0.1, 0.15) is 5.75 Å². The number of piperidine rings is 1. The molecule has 2 aromatic rings. The van der Waals surface area contributed by atoms with Gasteiger partial charge < -0.3 is 15.0 Å². The molecule has 1 N–H and O–H groups in total. The first kappa shape index (κ1) is 21.5. The van der Waals surface area contributed by atoms with Crippen LogP contribution < -0.4 is 10.1 Å². The Morgan fingerprint density at radius 2 is 1.72 bits per heavy atom. The van der Waals surface area contributed by atoms with E-state index in [-0.39, 0.29) is 12.1 Å². The van der Waals surface area contributed by atoms with Gasteiger partial charge in [-0.05, 0) is 55.2 Å². The molecule has 6 heteroatoms. The molecule has 0 saturated carbocycles. The molecule has 0 aliphatic carbocycles. The normalized spacial score (nSPS) is 15.1. The quantitative estimate of drug-likeness (QED) is 0.721. The number of nitrogens with zero attached hydrogens (tertiary/aromatic N) is 2. The largest absolute Gasteiger partial charge is 0.494 e. The first-order valence-electron chi connectivity index (χ1n) is 10.2.